The Bertz CT molecular complexity index is 1080. The number of hydrogen-bond acceptors (Lipinski definition) is 4. The van der Waals surface area contributed by atoms with E-state index in [2.05, 4.69) is 9.71 Å². The number of benzene rings is 2. The van der Waals surface area contributed by atoms with E-state index in [1.807, 2.05) is 4.90 Å². The number of likely N-dealkylation sites (tertiary alicyclic amines) is 1. The lowest BCUT2D eigenvalue weighted by Crippen LogP contribution is -2.41. The minimum absolute atomic E-state index is 0.0557. The first-order valence-electron chi connectivity index (χ1n) is 8.80. The number of amides is 1. The number of fused-ring (bicyclic) bond motifs is 1. The van der Waals surface area contributed by atoms with Crippen LogP contribution in [0.1, 0.15) is 18.4 Å². The van der Waals surface area contributed by atoms with Gasteiger partial charge in [-0.05, 0) is 43.2 Å². The lowest BCUT2D eigenvalue weighted by Gasteiger charge is -2.32. The molecule has 0 saturated carbocycles. The van der Waals surface area contributed by atoms with Gasteiger partial charge in [0.1, 0.15) is 10.7 Å². The van der Waals surface area contributed by atoms with E-state index in [1.165, 1.54) is 18.2 Å². The standard InChI is InChI=1S/C19H17ClFN3O3S/c20-13-5-6-15(21)16(11-13)22-19(25)12-7-9-24(10-8-12)18-14-3-1-2-4-17(14)28(26,27)23-18/h1-6,11-12H,7-10H2,(H,22,25). The monoisotopic (exact) mass is 421 g/mol. The average Bonchev–Trinajstić information content (AvgIpc) is 2.96. The highest BCUT2D eigenvalue weighted by Crippen LogP contribution is 2.30. The number of piperidine rings is 1. The quantitative estimate of drug-likeness (QED) is 0.807. The van der Waals surface area contributed by atoms with E-state index < -0.39 is 15.8 Å². The van der Waals surface area contributed by atoms with Crippen LogP contribution in [-0.2, 0) is 14.8 Å². The molecule has 146 valence electrons. The molecule has 0 aliphatic carbocycles. The van der Waals surface area contributed by atoms with E-state index in [0.29, 0.717) is 42.4 Å². The number of carbonyl (C=O) groups excluding carboxylic acids is 1. The Kier molecular flexibility index (Phi) is 4.84. The Balaban J connectivity index is 1.44. The minimum atomic E-state index is -3.67. The van der Waals surface area contributed by atoms with Gasteiger partial charge in [0.15, 0.2) is 5.84 Å². The van der Waals surface area contributed by atoms with Gasteiger partial charge in [-0.3, -0.25) is 4.79 Å². The van der Waals surface area contributed by atoms with Crippen molar-refractivity contribution in [1.29, 1.82) is 0 Å². The van der Waals surface area contributed by atoms with Crippen LogP contribution in [0.15, 0.2) is 51.8 Å². The molecule has 2 aromatic carbocycles. The number of rotatable bonds is 2. The van der Waals surface area contributed by atoms with Gasteiger partial charge in [-0.1, -0.05) is 23.7 Å². The Hall–Kier alpha value is -2.45. The first kappa shape index (κ1) is 18.9. The number of nitrogens with one attached hydrogen (secondary N) is 1. The topological polar surface area (TPSA) is 78.8 Å². The molecule has 2 heterocycles. The second kappa shape index (κ2) is 7.18. The maximum Gasteiger partial charge on any atom is 0.285 e. The molecule has 2 aliphatic heterocycles. The number of anilines is 1. The number of carbonyl (C=O) groups is 1. The maximum atomic E-state index is 13.8. The fourth-order valence-electron chi connectivity index (χ4n) is 3.50. The molecule has 1 saturated heterocycles. The molecule has 1 fully saturated rings. The van der Waals surface area contributed by atoms with Crippen LogP contribution in [0.2, 0.25) is 5.02 Å². The SMILES string of the molecule is O=C(Nc1cc(Cl)ccc1F)C1CCN(C2=NS(=O)(=O)c3ccccc32)CC1. The zero-order valence-electron chi connectivity index (χ0n) is 14.7. The van der Waals surface area contributed by atoms with Gasteiger partial charge in [0.2, 0.25) is 5.91 Å². The lowest BCUT2D eigenvalue weighted by atomic mass is 9.95. The van der Waals surface area contributed by atoms with Gasteiger partial charge >= 0.3 is 0 Å². The summed E-state index contributed by atoms with van der Waals surface area (Å²) in [5.74, 6) is -0.696. The van der Waals surface area contributed by atoms with Crippen LogP contribution >= 0.6 is 11.6 Å². The molecule has 2 aliphatic rings. The van der Waals surface area contributed by atoms with Crippen molar-refractivity contribution in [2.75, 3.05) is 18.4 Å². The molecule has 0 aromatic heterocycles. The zero-order chi connectivity index (χ0) is 19.9. The molecule has 4 rings (SSSR count). The molecule has 1 amide bonds. The summed E-state index contributed by atoms with van der Waals surface area (Å²) < 4.78 is 42.2. The second-order valence-corrected chi connectivity index (χ2v) is 8.77. The van der Waals surface area contributed by atoms with E-state index in [0.717, 1.165) is 0 Å². The molecule has 0 bridgehead atoms. The van der Waals surface area contributed by atoms with Crippen LogP contribution < -0.4 is 5.32 Å². The van der Waals surface area contributed by atoms with Gasteiger partial charge in [0.05, 0.1) is 5.69 Å². The van der Waals surface area contributed by atoms with Gasteiger partial charge in [-0.25, -0.2) is 4.39 Å². The lowest BCUT2D eigenvalue weighted by molar-refractivity contribution is -0.121. The maximum absolute atomic E-state index is 13.8. The molecular formula is C19H17ClFN3O3S. The van der Waals surface area contributed by atoms with Crippen molar-refractivity contribution in [2.24, 2.45) is 10.3 Å². The normalized spacial score (nSPS) is 18.5. The van der Waals surface area contributed by atoms with Crippen molar-refractivity contribution < 1.29 is 17.6 Å². The molecule has 6 nitrogen and oxygen atoms in total. The predicted octanol–water partition coefficient (Wildman–Crippen LogP) is 3.28. The van der Waals surface area contributed by atoms with E-state index in [-0.39, 0.29) is 22.4 Å². The molecule has 1 N–H and O–H groups in total. The number of hydrogen-bond donors (Lipinski definition) is 1. The molecule has 0 radical (unpaired) electrons. The third-order valence-electron chi connectivity index (χ3n) is 4.96. The van der Waals surface area contributed by atoms with Crippen molar-refractivity contribution in [3.63, 3.8) is 0 Å². The van der Waals surface area contributed by atoms with Crippen LogP contribution in [0, 0.1) is 11.7 Å². The fraction of sp³-hybridized carbons (Fsp3) is 0.263. The Morgan fingerprint density at radius 3 is 2.64 bits per heavy atom. The highest BCUT2D eigenvalue weighted by Gasteiger charge is 2.34. The zero-order valence-corrected chi connectivity index (χ0v) is 16.3. The van der Waals surface area contributed by atoms with Gasteiger partial charge in [0, 0.05) is 29.6 Å². The summed E-state index contributed by atoms with van der Waals surface area (Å²) in [5.41, 5.74) is 0.645. The smallest absolute Gasteiger partial charge is 0.285 e. The van der Waals surface area contributed by atoms with E-state index in [9.17, 15) is 17.6 Å². The summed E-state index contributed by atoms with van der Waals surface area (Å²) in [4.78, 5) is 14.6. The van der Waals surface area contributed by atoms with Crippen molar-refractivity contribution in [3.8, 4) is 0 Å². The first-order valence-corrected chi connectivity index (χ1v) is 10.6. The summed E-state index contributed by atoms with van der Waals surface area (Å²) in [5, 5.41) is 2.93. The van der Waals surface area contributed by atoms with Crippen molar-refractivity contribution in [3.05, 3.63) is 58.9 Å². The Morgan fingerprint density at radius 2 is 1.89 bits per heavy atom. The first-order chi connectivity index (χ1) is 13.3. The number of halogens is 2. The number of sulfonamides is 1. The van der Waals surface area contributed by atoms with Gasteiger partial charge < -0.3 is 10.2 Å². The molecule has 0 spiro atoms. The van der Waals surface area contributed by atoms with E-state index >= 15 is 0 Å². The highest BCUT2D eigenvalue weighted by atomic mass is 35.5. The second-order valence-electron chi connectivity index (χ2n) is 6.76. The van der Waals surface area contributed by atoms with E-state index in [1.54, 1.807) is 24.3 Å². The van der Waals surface area contributed by atoms with Crippen LogP contribution in [0.25, 0.3) is 0 Å². The van der Waals surface area contributed by atoms with Crippen LogP contribution in [0.5, 0.6) is 0 Å². The van der Waals surface area contributed by atoms with Crippen molar-refractivity contribution in [1.82, 2.24) is 4.90 Å². The van der Waals surface area contributed by atoms with Gasteiger partial charge in [-0.15, -0.1) is 4.40 Å². The minimum Gasteiger partial charge on any atom is -0.355 e. The van der Waals surface area contributed by atoms with Crippen LogP contribution in [0.4, 0.5) is 10.1 Å². The summed E-state index contributed by atoms with van der Waals surface area (Å²) in [7, 11) is -3.67. The molecule has 2 aromatic rings. The summed E-state index contributed by atoms with van der Waals surface area (Å²) >= 11 is 5.86. The summed E-state index contributed by atoms with van der Waals surface area (Å²) in [6, 6.07) is 10.7. The number of amidine groups is 1. The largest absolute Gasteiger partial charge is 0.355 e. The van der Waals surface area contributed by atoms with Crippen molar-refractivity contribution >= 4 is 39.1 Å². The molecule has 0 atom stereocenters. The predicted molar refractivity (Wildman–Crippen MR) is 105 cm³/mol. The van der Waals surface area contributed by atoms with Gasteiger partial charge in [0.25, 0.3) is 10.0 Å². The Morgan fingerprint density at radius 1 is 1.18 bits per heavy atom. The van der Waals surface area contributed by atoms with Crippen molar-refractivity contribution in [2.45, 2.75) is 17.7 Å². The third kappa shape index (κ3) is 3.49. The Labute approximate surface area is 167 Å². The highest BCUT2D eigenvalue weighted by molar-refractivity contribution is 7.90. The fourth-order valence-corrected chi connectivity index (χ4v) is 4.90. The summed E-state index contributed by atoms with van der Waals surface area (Å²) in [6.45, 7) is 0.970. The summed E-state index contributed by atoms with van der Waals surface area (Å²) in [6.07, 6.45) is 1.02. The molecular weight excluding hydrogens is 405 g/mol. The number of nitrogens with zero attached hydrogens (tertiary/aromatic N) is 2. The molecule has 28 heavy (non-hydrogen) atoms. The van der Waals surface area contributed by atoms with Gasteiger partial charge in [-0.2, -0.15) is 8.42 Å². The van der Waals surface area contributed by atoms with Crippen LogP contribution in [-0.4, -0.2) is 38.2 Å². The molecule has 0 unspecified atom stereocenters. The molecule has 9 heteroatoms. The third-order valence-corrected chi connectivity index (χ3v) is 6.52. The van der Waals surface area contributed by atoms with Crippen LogP contribution in [0.3, 0.4) is 0 Å². The van der Waals surface area contributed by atoms with E-state index in [4.69, 9.17) is 11.6 Å². The average molecular weight is 422 g/mol.